The van der Waals surface area contributed by atoms with Gasteiger partial charge in [0.25, 0.3) is 5.91 Å². The predicted octanol–water partition coefficient (Wildman–Crippen LogP) is 2.22. The first-order valence-corrected chi connectivity index (χ1v) is 6.69. The number of amides is 1. The molecular formula is C14H20N2O2S. The molecule has 1 aromatic rings. The third-order valence-electron chi connectivity index (χ3n) is 2.63. The number of para-hydroxylation sites is 1. The van der Waals surface area contributed by atoms with E-state index in [4.69, 9.17) is 22.7 Å². The molecule has 1 aromatic carbocycles. The summed E-state index contributed by atoms with van der Waals surface area (Å²) >= 11 is 4.90. The van der Waals surface area contributed by atoms with Gasteiger partial charge in [0, 0.05) is 6.04 Å². The highest BCUT2D eigenvalue weighted by molar-refractivity contribution is 7.80. The summed E-state index contributed by atoms with van der Waals surface area (Å²) in [6.07, 6.45) is 0. The second-order valence-electron chi connectivity index (χ2n) is 4.42. The zero-order chi connectivity index (χ0) is 14.4. The number of rotatable bonds is 6. The fourth-order valence-electron chi connectivity index (χ4n) is 1.74. The Morgan fingerprint density at radius 3 is 2.58 bits per heavy atom. The van der Waals surface area contributed by atoms with Gasteiger partial charge >= 0.3 is 0 Å². The van der Waals surface area contributed by atoms with Crippen molar-refractivity contribution in [3.05, 3.63) is 29.8 Å². The van der Waals surface area contributed by atoms with Crippen LogP contribution in [0.15, 0.2) is 24.3 Å². The molecule has 0 unspecified atom stereocenters. The van der Waals surface area contributed by atoms with Gasteiger partial charge in [0.2, 0.25) is 0 Å². The predicted molar refractivity (Wildman–Crippen MR) is 80.6 cm³/mol. The molecule has 0 bridgehead atoms. The monoisotopic (exact) mass is 280 g/mol. The van der Waals surface area contributed by atoms with E-state index in [0.717, 1.165) is 0 Å². The van der Waals surface area contributed by atoms with Gasteiger partial charge in [-0.3, -0.25) is 4.79 Å². The lowest BCUT2D eigenvalue weighted by Gasteiger charge is -2.27. The Morgan fingerprint density at radius 1 is 1.42 bits per heavy atom. The maximum Gasteiger partial charge on any atom is 0.258 e. The Balaban J connectivity index is 3.05. The Hall–Kier alpha value is -1.62. The van der Waals surface area contributed by atoms with E-state index in [2.05, 4.69) is 0 Å². The second-order valence-corrected chi connectivity index (χ2v) is 4.95. The van der Waals surface area contributed by atoms with Gasteiger partial charge < -0.3 is 15.4 Å². The van der Waals surface area contributed by atoms with E-state index in [-0.39, 0.29) is 18.5 Å². The smallest absolute Gasteiger partial charge is 0.258 e. The molecular weight excluding hydrogens is 260 g/mol. The molecule has 0 aliphatic carbocycles. The van der Waals surface area contributed by atoms with E-state index in [0.29, 0.717) is 22.9 Å². The minimum Gasteiger partial charge on any atom is -0.493 e. The molecule has 0 spiro atoms. The number of thiocarbonyl (C=S) groups is 1. The summed E-state index contributed by atoms with van der Waals surface area (Å²) in [5, 5.41) is 0. The summed E-state index contributed by atoms with van der Waals surface area (Å²) < 4.78 is 5.48. The third-order valence-corrected chi connectivity index (χ3v) is 2.76. The number of carbonyl (C=O) groups excluding carboxylic acids is 1. The standard InChI is InChI=1S/C14H20N2O2S/c1-4-18-12-8-6-5-7-11(12)14(17)16(10(2)3)9-13(15)19/h5-8,10H,4,9H2,1-3H3,(H2,15,19). The van der Waals surface area contributed by atoms with Crippen molar-refractivity contribution in [2.75, 3.05) is 13.2 Å². The van der Waals surface area contributed by atoms with Crippen LogP contribution in [0.5, 0.6) is 5.75 Å². The molecule has 4 nitrogen and oxygen atoms in total. The lowest BCUT2D eigenvalue weighted by atomic mass is 10.1. The zero-order valence-electron chi connectivity index (χ0n) is 11.6. The maximum absolute atomic E-state index is 12.5. The van der Waals surface area contributed by atoms with E-state index >= 15 is 0 Å². The van der Waals surface area contributed by atoms with Gasteiger partial charge in [-0.2, -0.15) is 0 Å². The van der Waals surface area contributed by atoms with E-state index < -0.39 is 0 Å². The van der Waals surface area contributed by atoms with Gasteiger partial charge in [-0.05, 0) is 32.9 Å². The number of benzene rings is 1. The van der Waals surface area contributed by atoms with Crippen molar-refractivity contribution in [3.8, 4) is 5.75 Å². The Morgan fingerprint density at radius 2 is 2.05 bits per heavy atom. The van der Waals surface area contributed by atoms with Crippen LogP contribution in [0.4, 0.5) is 0 Å². The van der Waals surface area contributed by atoms with Crippen LogP contribution in [0.1, 0.15) is 31.1 Å². The van der Waals surface area contributed by atoms with Crippen molar-refractivity contribution in [2.45, 2.75) is 26.8 Å². The minimum atomic E-state index is -0.119. The molecule has 104 valence electrons. The highest BCUT2D eigenvalue weighted by atomic mass is 32.1. The lowest BCUT2D eigenvalue weighted by molar-refractivity contribution is 0.0732. The molecule has 0 fully saturated rings. The van der Waals surface area contributed by atoms with E-state index in [1.165, 1.54) is 0 Å². The molecule has 0 saturated carbocycles. The first-order valence-electron chi connectivity index (χ1n) is 6.28. The van der Waals surface area contributed by atoms with Gasteiger partial charge in [0.05, 0.1) is 23.7 Å². The molecule has 0 saturated heterocycles. The van der Waals surface area contributed by atoms with Crippen molar-refractivity contribution in [1.82, 2.24) is 4.90 Å². The molecule has 0 aliphatic rings. The van der Waals surface area contributed by atoms with E-state index in [1.54, 1.807) is 17.0 Å². The van der Waals surface area contributed by atoms with Gasteiger partial charge in [-0.15, -0.1) is 0 Å². The molecule has 0 aliphatic heterocycles. The molecule has 19 heavy (non-hydrogen) atoms. The van der Waals surface area contributed by atoms with Crippen LogP contribution in [0.2, 0.25) is 0 Å². The highest BCUT2D eigenvalue weighted by Gasteiger charge is 2.22. The number of nitrogens with two attached hydrogens (primary N) is 1. The molecule has 1 amide bonds. The summed E-state index contributed by atoms with van der Waals surface area (Å²) in [6.45, 7) is 6.53. The fraction of sp³-hybridized carbons (Fsp3) is 0.429. The largest absolute Gasteiger partial charge is 0.493 e. The summed E-state index contributed by atoms with van der Waals surface area (Å²) in [7, 11) is 0. The molecule has 2 N–H and O–H groups in total. The van der Waals surface area contributed by atoms with Crippen molar-refractivity contribution in [3.63, 3.8) is 0 Å². The molecule has 1 rings (SSSR count). The van der Waals surface area contributed by atoms with Crippen LogP contribution in [0.3, 0.4) is 0 Å². The van der Waals surface area contributed by atoms with Crippen LogP contribution in [-0.4, -0.2) is 35.0 Å². The lowest BCUT2D eigenvalue weighted by Crippen LogP contribution is -2.42. The van der Waals surface area contributed by atoms with Crippen molar-refractivity contribution in [2.24, 2.45) is 5.73 Å². The maximum atomic E-state index is 12.5. The number of ether oxygens (including phenoxy) is 1. The van der Waals surface area contributed by atoms with Crippen LogP contribution < -0.4 is 10.5 Å². The van der Waals surface area contributed by atoms with Crippen molar-refractivity contribution in [1.29, 1.82) is 0 Å². The van der Waals surface area contributed by atoms with Crippen LogP contribution >= 0.6 is 12.2 Å². The second kappa shape index (κ2) is 7.09. The normalized spacial score (nSPS) is 10.3. The Kier molecular flexibility index (Phi) is 5.76. The van der Waals surface area contributed by atoms with E-state index in [1.807, 2.05) is 32.9 Å². The Bertz CT molecular complexity index is 461. The van der Waals surface area contributed by atoms with Gasteiger partial charge in [0.15, 0.2) is 0 Å². The summed E-state index contributed by atoms with van der Waals surface area (Å²) in [6, 6.07) is 7.21. The minimum absolute atomic E-state index is 0.0173. The summed E-state index contributed by atoms with van der Waals surface area (Å²) in [5.74, 6) is 0.468. The molecule has 0 atom stereocenters. The first kappa shape index (κ1) is 15.4. The number of nitrogens with zero attached hydrogens (tertiary/aromatic N) is 1. The molecule has 5 heteroatoms. The number of hydrogen-bond donors (Lipinski definition) is 1. The number of carbonyl (C=O) groups is 1. The van der Waals surface area contributed by atoms with E-state index in [9.17, 15) is 4.79 Å². The molecule has 0 radical (unpaired) electrons. The van der Waals surface area contributed by atoms with Crippen LogP contribution in [0.25, 0.3) is 0 Å². The van der Waals surface area contributed by atoms with Gasteiger partial charge in [0.1, 0.15) is 5.75 Å². The van der Waals surface area contributed by atoms with Gasteiger partial charge in [-0.1, -0.05) is 24.4 Å². The fourth-order valence-corrected chi connectivity index (χ4v) is 1.88. The van der Waals surface area contributed by atoms with Crippen LogP contribution in [-0.2, 0) is 0 Å². The first-order chi connectivity index (χ1) is 8.97. The van der Waals surface area contributed by atoms with Gasteiger partial charge in [-0.25, -0.2) is 0 Å². The van der Waals surface area contributed by atoms with Crippen molar-refractivity contribution < 1.29 is 9.53 Å². The molecule has 0 aromatic heterocycles. The summed E-state index contributed by atoms with van der Waals surface area (Å²) in [4.78, 5) is 14.5. The quantitative estimate of drug-likeness (QED) is 0.812. The Labute approximate surface area is 119 Å². The third kappa shape index (κ3) is 4.21. The highest BCUT2D eigenvalue weighted by Crippen LogP contribution is 2.20. The molecule has 0 heterocycles. The topological polar surface area (TPSA) is 55.6 Å². The number of hydrogen-bond acceptors (Lipinski definition) is 3. The SMILES string of the molecule is CCOc1ccccc1C(=O)N(CC(N)=S)C(C)C. The zero-order valence-corrected chi connectivity index (χ0v) is 12.4. The van der Waals surface area contributed by atoms with Crippen LogP contribution in [0, 0.1) is 0 Å². The average Bonchev–Trinajstić information content (AvgIpc) is 2.36. The van der Waals surface area contributed by atoms with Crippen molar-refractivity contribution >= 4 is 23.1 Å². The summed E-state index contributed by atoms with van der Waals surface area (Å²) in [5.41, 5.74) is 6.09. The average molecular weight is 280 g/mol.